The van der Waals surface area contributed by atoms with E-state index in [9.17, 15) is 24.9 Å². The van der Waals surface area contributed by atoms with Gasteiger partial charge in [-0.05, 0) is 36.4 Å². The molecular formula is C33H31N15O5S2. The van der Waals surface area contributed by atoms with Crippen molar-refractivity contribution in [3.05, 3.63) is 58.9 Å². The van der Waals surface area contributed by atoms with Crippen molar-refractivity contribution in [2.75, 3.05) is 11.5 Å². The quantitative estimate of drug-likeness (QED) is 0.0956. The van der Waals surface area contributed by atoms with E-state index in [2.05, 4.69) is 55.6 Å². The lowest BCUT2D eigenvalue weighted by Gasteiger charge is -2.15. The molecular weight excluding hydrogens is 751 g/mol. The number of hydrogen-bond donors (Lipinski definition) is 5. The van der Waals surface area contributed by atoms with Gasteiger partial charge in [-0.15, -0.1) is 20.5 Å². The standard InChI is InChI=1S/C33H31N15O5S2/c1-32(2,3)21-19(41-43-30-36-15-9-7-13(25(49)50)11-17(15)54-30)23(34)47(45-21)27-38-28(40-29(53)39-27)48-24(35)20(22(46-48)33(4,5)6)42-44-31-37-16-10-8-14(26(51)52)12-18(16)55-31/h7-12H,34-35H2,1-6H3,(H,49,50)(H,51,52)(H,38,39,40,53). The van der Waals surface area contributed by atoms with Gasteiger partial charge in [-0.2, -0.15) is 34.5 Å². The van der Waals surface area contributed by atoms with Crippen LogP contribution in [0.5, 0.6) is 6.01 Å². The number of anilines is 2. The van der Waals surface area contributed by atoms with Crippen molar-refractivity contribution in [3.8, 4) is 17.9 Å². The second-order valence-corrected chi connectivity index (χ2v) is 16.1. The second-order valence-electron chi connectivity index (χ2n) is 14.1. The molecule has 2 aromatic carbocycles. The summed E-state index contributed by atoms with van der Waals surface area (Å²) in [6, 6.07) is 8.44. The molecule has 280 valence electrons. The number of fused-ring (bicyclic) bond motifs is 2. The summed E-state index contributed by atoms with van der Waals surface area (Å²) in [5.74, 6) is -2.50. The number of benzene rings is 2. The van der Waals surface area contributed by atoms with Crippen molar-refractivity contribution >= 4 is 88.3 Å². The van der Waals surface area contributed by atoms with Crippen molar-refractivity contribution < 1.29 is 24.9 Å². The van der Waals surface area contributed by atoms with Crippen LogP contribution in [0.1, 0.15) is 73.6 Å². The molecule has 7 aromatic rings. The van der Waals surface area contributed by atoms with Gasteiger partial charge >= 0.3 is 17.9 Å². The Balaban J connectivity index is 1.27. The molecule has 0 bridgehead atoms. The van der Waals surface area contributed by atoms with E-state index >= 15 is 0 Å². The van der Waals surface area contributed by atoms with Crippen LogP contribution >= 0.6 is 22.7 Å². The van der Waals surface area contributed by atoms with Gasteiger partial charge < -0.3 is 26.8 Å². The first-order valence-corrected chi connectivity index (χ1v) is 17.9. The number of nitrogens with zero attached hydrogens (tertiary/aromatic N) is 13. The van der Waals surface area contributed by atoms with Crippen LogP contribution < -0.4 is 11.5 Å². The first-order chi connectivity index (χ1) is 25.9. The topological polar surface area (TPSA) is 296 Å². The average molecular weight is 782 g/mol. The number of carbonyl (C=O) groups is 2. The number of nitrogens with two attached hydrogens (primary N) is 2. The number of hydrogen-bond acceptors (Lipinski definition) is 18. The van der Waals surface area contributed by atoms with Gasteiger partial charge in [0.15, 0.2) is 23.0 Å². The van der Waals surface area contributed by atoms with Crippen LogP contribution in [0.3, 0.4) is 0 Å². The molecule has 0 fully saturated rings. The average Bonchev–Trinajstić information content (AvgIpc) is 3.87. The van der Waals surface area contributed by atoms with Crippen molar-refractivity contribution in [1.82, 2.24) is 44.5 Å². The highest BCUT2D eigenvalue weighted by atomic mass is 32.1. The summed E-state index contributed by atoms with van der Waals surface area (Å²) in [6.45, 7) is 11.4. The van der Waals surface area contributed by atoms with E-state index in [1.807, 2.05) is 41.5 Å². The Kier molecular flexibility index (Phi) is 8.80. The predicted octanol–water partition coefficient (Wildman–Crippen LogP) is 7.15. The van der Waals surface area contributed by atoms with Gasteiger partial charge in [0.1, 0.15) is 0 Å². The lowest BCUT2D eigenvalue weighted by atomic mass is 9.91. The van der Waals surface area contributed by atoms with Crippen LogP contribution in [0.4, 0.5) is 33.3 Å². The number of aromatic hydroxyl groups is 1. The minimum atomic E-state index is -1.06. The van der Waals surface area contributed by atoms with Gasteiger partial charge in [-0.3, -0.25) is 0 Å². The minimum Gasteiger partial charge on any atom is -0.479 e. The van der Waals surface area contributed by atoms with E-state index in [4.69, 9.17) is 11.5 Å². The van der Waals surface area contributed by atoms with E-state index < -0.39 is 28.8 Å². The molecule has 22 heteroatoms. The second kappa shape index (κ2) is 13.2. The van der Waals surface area contributed by atoms with E-state index in [1.165, 1.54) is 33.6 Å². The fraction of sp³-hybridized carbons (Fsp3) is 0.242. The molecule has 5 aromatic heterocycles. The molecule has 0 aliphatic rings. The van der Waals surface area contributed by atoms with Crippen LogP contribution in [-0.4, -0.2) is 71.7 Å². The summed E-state index contributed by atoms with van der Waals surface area (Å²) in [5.41, 5.74) is 14.6. The summed E-state index contributed by atoms with van der Waals surface area (Å²) in [7, 11) is 0. The molecule has 7 N–H and O–H groups in total. The summed E-state index contributed by atoms with van der Waals surface area (Å²) in [5, 5.41) is 56.6. The van der Waals surface area contributed by atoms with Gasteiger partial charge in [-0.25, -0.2) is 19.6 Å². The van der Waals surface area contributed by atoms with Gasteiger partial charge in [0.25, 0.3) is 11.9 Å². The van der Waals surface area contributed by atoms with Crippen LogP contribution in [0, 0.1) is 0 Å². The number of azo groups is 2. The van der Waals surface area contributed by atoms with Crippen LogP contribution in [0.2, 0.25) is 0 Å². The Hall–Kier alpha value is -6.81. The molecule has 7 rings (SSSR count). The number of rotatable bonds is 8. The lowest BCUT2D eigenvalue weighted by molar-refractivity contribution is 0.0686. The molecule has 0 aliphatic carbocycles. The zero-order chi connectivity index (χ0) is 39.6. The Morgan fingerprint density at radius 1 is 0.636 bits per heavy atom. The van der Waals surface area contributed by atoms with Gasteiger partial charge in [-0.1, -0.05) is 64.2 Å². The van der Waals surface area contributed by atoms with Crippen molar-refractivity contribution in [1.29, 1.82) is 0 Å². The summed E-state index contributed by atoms with van der Waals surface area (Å²) in [4.78, 5) is 44.4. The fourth-order valence-corrected chi connectivity index (χ4v) is 6.91. The zero-order valence-electron chi connectivity index (χ0n) is 29.9. The monoisotopic (exact) mass is 781 g/mol. The van der Waals surface area contributed by atoms with Crippen LogP contribution in [0.25, 0.3) is 32.3 Å². The molecule has 0 atom stereocenters. The highest BCUT2D eigenvalue weighted by Gasteiger charge is 2.31. The third-order valence-electron chi connectivity index (χ3n) is 7.91. The Morgan fingerprint density at radius 3 is 1.40 bits per heavy atom. The maximum Gasteiger partial charge on any atom is 0.335 e. The van der Waals surface area contributed by atoms with Crippen molar-refractivity contribution in [3.63, 3.8) is 0 Å². The van der Waals surface area contributed by atoms with E-state index in [-0.39, 0.29) is 56.3 Å². The third-order valence-corrected chi connectivity index (χ3v) is 9.71. The lowest BCUT2D eigenvalue weighted by Crippen LogP contribution is -2.16. The molecule has 0 saturated carbocycles. The molecule has 0 spiro atoms. The molecule has 0 amide bonds. The first kappa shape index (κ1) is 36.5. The summed E-state index contributed by atoms with van der Waals surface area (Å²) >= 11 is 2.31. The third kappa shape index (κ3) is 7.02. The van der Waals surface area contributed by atoms with Gasteiger partial charge in [0.2, 0.25) is 10.3 Å². The highest BCUT2D eigenvalue weighted by molar-refractivity contribution is 7.22. The molecule has 55 heavy (non-hydrogen) atoms. The molecule has 20 nitrogen and oxygen atoms in total. The largest absolute Gasteiger partial charge is 0.479 e. The maximum atomic E-state index is 11.4. The number of aromatic nitrogens is 9. The highest BCUT2D eigenvalue weighted by Crippen LogP contribution is 2.40. The number of carboxylic acid groups (broad SMARTS) is 2. The molecule has 0 saturated heterocycles. The van der Waals surface area contributed by atoms with E-state index in [1.54, 1.807) is 12.1 Å². The molecule has 5 heterocycles. The van der Waals surface area contributed by atoms with E-state index in [0.717, 1.165) is 22.7 Å². The minimum absolute atomic E-state index is 0.0101. The predicted molar refractivity (Wildman–Crippen MR) is 203 cm³/mol. The Labute approximate surface area is 318 Å². The number of nitrogen functional groups attached to an aromatic ring is 2. The molecule has 0 aliphatic heterocycles. The zero-order valence-corrected chi connectivity index (χ0v) is 31.5. The van der Waals surface area contributed by atoms with Crippen LogP contribution in [0.15, 0.2) is 56.9 Å². The smallest absolute Gasteiger partial charge is 0.335 e. The van der Waals surface area contributed by atoms with Gasteiger partial charge in [0, 0.05) is 10.8 Å². The normalized spacial score (nSPS) is 12.5. The number of carboxylic acids is 2. The SMILES string of the molecule is CC(C)(C)c1nn(-c2nc(O)nc(-n3nc(C(C)(C)C)c(N=Nc4nc5ccc(C(=O)O)cc5s4)c3N)n2)c(N)c1N=Nc1nc2ccc(C(=O)O)cc2s1. The number of aromatic carboxylic acids is 2. The Morgan fingerprint density at radius 2 is 1.04 bits per heavy atom. The Bertz CT molecular complexity index is 2570. The first-order valence-electron chi connectivity index (χ1n) is 16.2. The van der Waals surface area contributed by atoms with Crippen LogP contribution in [-0.2, 0) is 10.8 Å². The van der Waals surface area contributed by atoms with Gasteiger partial charge in [0.05, 0.1) is 42.9 Å². The molecule has 0 unspecified atom stereocenters. The fourth-order valence-electron chi connectivity index (χ4n) is 5.25. The summed E-state index contributed by atoms with van der Waals surface area (Å²) in [6.07, 6.45) is 0. The molecule has 0 radical (unpaired) electrons. The van der Waals surface area contributed by atoms with E-state index in [0.29, 0.717) is 31.8 Å². The number of thiazole rings is 2. The maximum absolute atomic E-state index is 11.4. The summed E-state index contributed by atoms with van der Waals surface area (Å²) < 4.78 is 3.61. The van der Waals surface area contributed by atoms with Crippen molar-refractivity contribution in [2.24, 2.45) is 20.5 Å². The van der Waals surface area contributed by atoms with Crippen molar-refractivity contribution in [2.45, 2.75) is 52.4 Å².